The fraction of sp³-hybridized carbons (Fsp3) is 0.700. The number of aliphatic hydroxyl groups is 3. The number of carbonyl (C=O) groups is 3. The van der Waals surface area contributed by atoms with Gasteiger partial charge in [0.25, 0.3) is 5.91 Å². The molecule has 1 aliphatic heterocycles. The number of rotatable bonds is 4. The Morgan fingerprint density at radius 1 is 1.25 bits per heavy atom. The zero-order valence-electron chi connectivity index (χ0n) is 11.2. The molecule has 0 spiro atoms. The fourth-order valence-electron chi connectivity index (χ4n) is 1.41. The van der Waals surface area contributed by atoms with E-state index in [1.54, 1.807) is 0 Å². The first kappa shape index (κ1) is 18.6. The van der Waals surface area contributed by atoms with Crippen LogP contribution in [0.15, 0.2) is 0 Å². The van der Waals surface area contributed by atoms with Crippen molar-refractivity contribution in [3.05, 3.63) is 0 Å². The molecule has 9 nitrogen and oxygen atoms in total. The Morgan fingerprint density at radius 2 is 1.80 bits per heavy atom. The number of imide groups is 1. The summed E-state index contributed by atoms with van der Waals surface area (Å²) < 4.78 is 0. The van der Waals surface area contributed by atoms with Gasteiger partial charge in [-0.2, -0.15) is 0 Å². The molecular weight excluding hydrogens is 294 g/mol. The van der Waals surface area contributed by atoms with E-state index >= 15 is 0 Å². The van der Waals surface area contributed by atoms with E-state index in [0.717, 1.165) is 4.90 Å². The molecule has 1 fully saturated rings. The Kier molecular flexibility index (Phi) is 7.43. The molecule has 0 saturated carbocycles. The van der Waals surface area contributed by atoms with Gasteiger partial charge in [0.05, 0.1) is 0 Å². The van der Waals surface area contributed by atoms with Gasteiger partial charge in [0.1, 0.15) is 31.6 Å². The van der Waals surface area contributed by atoms with Crippen LogP contribution >= 0.6 is 11.6 Å². The Balaban J connectivity index is 0.000000441. The summed E-state index contributed by atoms with van der Waals surface area (Å²) in [6.45, 7) is 1.50. The van der Waals surface area contributed by atoms with Crippen molar-refractivity contribution < 1.29 is 29.7 Å². The van der Waals surface area contributed by atoms with Crippen LogP contribution in [0.4, 0.5) is 4.79 Å². The monoisotopic (exact) mass is 311 g/mol. The first-order valence-corrected chi connectivity index (χ1v) is 6.10. The van der Waals surface area contributed by atoms with E-state index < -0.39 is 30.9 Å². The minimum atomic E-state index is -1.07. The molecule has 0 aromatic heterocycles. The van der Waals surface area contributed by atoms with Gasteiger partial charge in [0.15, 0.2) is 0 Å². The van der Waals surface area contributed by atoms with Crippen molar-refractivity contribution in [1.29, 1.82) is 0 Å². The first-order chi connectivity index (χ1) is 9.27. The molecule has 1 saturated heterocycles. The number of aliphatic hydroxyl groups excluding tert-OH is 3. The summed E-state index contributed by atoms with van der Waals surface area (Å²) in [6.07, 6.45) is 0. The van der Waals surface area contributed by atoms with Crippen LogP contribution in [-0.4, -0.2) is 74.6 Å². The van der Waals surface area contributed by atoms with Crippen LogP contribution in [0.3, 0.4) is 0 Å². The van der Waals surface area contributed by atoms with Crippen LogP contribution in [-0.2, 0) is 9.59 Å². The van der Waals surface area contributed by atoms with Crippen LogP contribution in [0, 0.1) is 0 Å². The highest BCUT2D eigenvalue weighted by atomic mass is 35.5. The normalized spacial score (nSPS) is 16.9. The van der Waals surface area contributed by atoms with Crippen molar-refractivity contribution in [2.24, 2.45) is 0 Å². The molecule has 1 heterocycles. The lowest BCUT2D eigenvalue weighted by Gasteiger charge is -2.24. The summed E-state index contributed by atoms with van der Waals surface area (Å²) in [6, 6.07) is -0.667. The number of nitrogens with one attached hydrogen (secondary N) is 1. The second-order valence-electron chi connectivity index (χ2n) is 4.18. The Bertz CT molecular complexity index is 376. The van der Waals surface area contributed by atoms with Gasteiger partial charge in [-0.3, -0.25) is 14.5 Å². The first-order valence-electron chi connectivity index (χ1n) is 5.56. The van der Waals surface area contributed by atoms with Crippen LogP contribution in [0.5, 0.6) is 0 Å². The number of halogens is 1. The van der Waals surface area contributed by atoms with Crippen molar-refractivity contribution in [3.63, 3.8) is 0 Å². The summed E-state index contributed by atoms with van der Waals surface area (Å²) in [4.78, 5) is 34.4. The zero-order valence-corrected chi connectivity index (χ0v) is 11.9. The maximum absolute atomic E-state index is 11.4. The van der Waals surface area contributed by atoms with Gasteiger partial charge >= 0.3 is 6.03 Å². The summed E-state index contributed by atoms with van der Waals surface area (Å²) in [5.41, 5.74) is -1.07. The molecule has 4 amide bonds. The number of alkyl halides is 1. The van der Waals surface area contributed by atoms with Gasteiger partial charge in [-0.1, -0.05) is 0 Å². The van der Waals surface area contributed by atoms with Crippen molar-refractivity contribution >= 4 is 29.4 Å². The second-order valence-corrected chi connectivity index (χ2v) is 4.44. The van der Waals surface area contributed by atoms with Crippen LogP contribution in [0.2, 0.25) is 0 Å². The number of hydrogen-bond acceptors (Lipinski definition) is 6. The van der Waals surface area contributed by atoms with E-state index in [1.807, 2.05) is 0 Å². The number of nitrogens with zero attached hydrogens (tertiary/aromatic N) is 2. The van der Waals surface area contributed by atoms with Gasteiger partial charge in [0, 0.05) is 0 Å². The zero-order chi connectivity index (χ0) is 15.9. The van der Waals surface area contributed by atoms with Gasteiger partial charge < -0.3 is 20.6 Å². The van der Waals surface area contributed by atoms with Crippen molar-refractivity contribution in [1.82, 2.24) is 15.1 Å². The lowest BCUT2D eigenvalue weighted by Crippen LogP contribution is -2.44. The molecule has 0 bridgehead atoms. The third-order valence-corrected chi connectivity index (χ3v) is 2.83. The highest BCUT2D eigenvalue weighted by Crippen LogP contribution is 2.25. The average Bonchev–Trinajstić information content (AvgIpc) is 2.56. The van der Waals surface area contributed by atoms with Crippen LogP contribution in [0.25, 0.3) is 0 Å². The molecule has 1 aliphatic rings. The summed E-state index contributed by atoms with van der Waals surface area (Å²) in [7, 11) is 0. The summed E-state index contributed by atoms with van der Waals surface area (Å²) in [5, 5.41) is 27.6. The number of hydrogen-bond donors (Lipinski definition) is 4. The van der Waals surface area contributed by atoms with E-state index in [4.69, 9.17) is 26.9 Å². The van der Waals surface area contributed by atoms with E-state index in [9.17, 15) is 14.4 Å². The number of urea groups is 1. The maximum atomic E-state index is 11.4. The maximum Gasteiger partial charge on any atom is 0.331 e. The molecule has 0 aromatic rings. The summed E-state index contributed by atoms with van der Waals surface area (Å²) in [5.74, 6) is -0.959. The topological polar surface area (TPSA) is 130 Å². The van der Waals surface area contributed by atoms with Crippen molar-refractivity contribution in [2.45, 2.75) is 19.4 Å². The standard InChI is InChI=1S/C7H12N2O4.C3H6ClNO2/c1-7(2)5(12)8(3-10)6(13)9(7)4-11;4-1-3(7)5-2-6/h10-11H,3-4H2,1-2H3;6H,1-2H2,(H,5,7). The predicted octanol–water partition coefficient (Wildman–Crippen LogP) is -1.78. The van der Waals surface area contributed by atoms with Gasteiger partial charge in [-0.25, -0.2) is 9.69 Å². The molecule has 0 unspecified atom stereocenters. The number of amides is 4. The lowest BCUT2D eigenvalue weighted by molar-refractivity contribution is -0.134. The third-order valence-electron chi connectivity index (χ3n) is 2.59. The Hall–Kier alpha value is -1.42. The predicted molar refractivity (Wildman–Crippen MR) is 68.3 cm³/mol. The lowest BCUT2D eigenvalue weighted by atomic mass is 10.1. The minimum absolute atomic E-state index is 0.0967. The highest BCUT2D eigenvalue weighted by Gasteiger charge is 2.50. The van der Waals surface area contributed by atoms with Gasteiger partial charge in [-0.15, -0.1) is 11.6 Å². The smallest absolute Gasteiger partial charge is 0.331 e. The minimum Gasteiger partial charge on any atom is -0.377 e. The second kappa shape index (κ2) is 8.00. The van der Waals surface area contributed by atoms with E-state index in [1.165, 1.54) is 13.8 Å². The average molecular weight is 312 g/mol. The molecule has 0 atom stereocenters. The number of carbonyl (C=O) groups excluding carboxylic acids is 3. The molecule has 0 aromatic carbocycles. The summed E-state index contributed by atoms with van der Waals surface area (Å²) >= 11 is 5.01. The fourth-order valence-corrected chi connectivity index (χ4v) is 1.51. The molecule has 10 heteroatoms. The quantitative estimate of drug-likeness (QED) is 0.276. The SMILES string of the molecule is CC1(C)C(=O)N(CO)C(=O)N1CO.O=C(CCl)NCO. The largest absolute Gasteiger partial charge is 0.377 e. The molecule has 0 radical (unpaired) electrons. The van der Waals surface area contributed by atoms with Crippen LogP contribution < -0.4 is 5.32 Å². The van der Waals surface area contributed by atoms with Gasteiger partial charge in [0.2, 0.25) is 5.91 Å². The van der Waals surface area contributed by atoms with Gasteiger partial charge in [-0.05, 0) is 13.8 Å². The Morgan fingerprint density at radius 3 is 2.00 bits per heavy atom. The van der Waals surface area contributed by atoms with E-state index in [-0.39, 0.29) is 18.5 Å². The highest BCUT2D eigenvalue weighted by molar-refractivity contribution is 6.27. The molecule has 0 aliphatic carbocycles. The van der Waals surface area contributed by atoms with Crippen molar-refractivity contribution in [3.8, 4) is 0 Å². The van der Waals surface area contributed by atoms with E-state index in [0.29, 0.717) is 4.90 Å². The van der Waals surface area contributed by atoms with Crippen LogP contribution in [0.1, 0.15) is 13.8 Å². The molecule has 4 N–H and O–H groups in total. The molecular formula is C10H18ClN3O6. The van der Waals surface area contributed by atoms with E-state index in [2.05, 4.69) is 5.32 Å². The Labute approximate surface area is 120 Å². The third kappa shape index (κ3) is 4.04. The molecule has 1 rings (SSSR count). The van der Waals surface area contributed by atoms with Crippen molar-refractivity contribution in [2.75, 3.05) is 26.1 Å². The molecule has 20 heavy (non-hydrogen) atoms. The molecule has 116 valence electrons.